The number of carbonyl (C=O) groups excluding carboxylic acids is 1. The molecule has 110 valence electrons. The minimum Gasteiger partial charge on any atom is -0.478 e. The zero-order chi connectivity index (χ0) is 15.3. The molecular formula is C14H19NO4S. The summed E-state index contributed by atoms with van der Waals surface area (Å²) >= 11 is 1.51. The number of carboxylic acid groups (broad SMARTS) is 1. The van der Waals surface area contributed by atoms with Crippen molar-refractivity contribution in [1.82, 2.24) is 0 Å². The van der Waals surface area contributed by atoms with E-state index in [0.29, 0.717) is 5.69 Å². The number of carboxylic acids is 1. The van der Waals surface area contributed by atoms with Crippen LogP contribution in [0.15, 0.2) is 23.1 Å². The van der Waals surface area contributed by atoms with E-state index in [1.165, 1.54) is 17.8 Å². The first kappa shape index (κ1) is 16.4. The largest absolute Gasteiger partial charge is 0.478 e. The molecule has 2 N–H and O–H groups in total. The SMILES string of the molecule is CCSc1cc(NC(=O)OC(C)(C)C)cc(C(=O)O)c1. The van der Waals surface area contributed by atoms with Crippen LogP contribution in [0.2, 0.25) is 0 Å². The number of benzene rings is 1. The second-order valence-corrected chi connectivity index (χ2v) is 6.45. The van der Waals surface area contributed by atoms with E-state index < -0.39 is 17.7 Å². The fourth-order valence-electron chi connectivity index (χ4n) is 1.47. The highest BCUT2D eigenvalue weighted by atomic mass is 32.2. The molecule has 0 saturated heterocycles. The molecule has 0 radical (unpaired) electrons. The number of hydrogen-bond donors (Lipinski definition) is 2. The van der Waals surface area contributed by atoms with E-state index in [9.17, 15) is 9.59 Å². The lowest BCUT2D eigenvalue weighted by Crippen LogP contribution is -2.27. The molecule has 6 heteroatoms. The van der Waals surface area contributed by atoms with E-state index in [1.54, 1.807) is 32.9 Å². The number of ether oxygens (including phenoxy) is 1. The Morgan fingerprint density at radius 1 is 1.30 bits per heavy atom. The fourth-order valence-corrected chi connectivity index (χ4v) is 2.22. The summed E-state index contributed by atoms with van der Waals surface area (Å²) in [5.74, 6) is -0.217. The van der Waals surface area contributed by atoms with Crippen LogP contribution in [0.25, 0.3) is 0 Å². The molecule has 0 aliphatic heterocycles. The van der Waals surface area contributed by atoms with Gasteiger partial charge < -0.3 is 9.84 Å². The van der Waals surface area contributed by atoms with E-state index >= 15 is 0 Å². The normalized spacial score (nSPS) is 11.0. The van der Waals surface area contributed by atoms with Gasteiger partial charge in [0.1, 0.15) is 5.60 Å². The van der Waals surface area contributed by atoms with Gasteiger partial charge in [-0.2, -0.15) is 0 Å². The number of carbonyl (C=O) groups is 2. The predicted octanol–water partition coefficient (Wildman–Crippen LogP) is 3.84. The Morgan fingerprint density at radius 2 is 1.95 bits per heavy atom. The van der Waals surface area contributed by atoms with Gasteiger partial charge in [0.15, 0.2) is 0 Å². The van der Waals surface area contributed by atoms with Gasteiger partial charge in [0.05, 0.1) is 5.56 Å². The first-order chi connectivity index (χ1) is 9.21. The third-order valence-corrected chi connectivity index (χ3v) is 2.97. The van der Waals surface area contributed by atoms with E-state index in [1.807, 2.05) is 6.92 Å². The van der Waals surface area contributed by atoms with Crippen molar-refractivity contribution >= 4 is 29.5 Å². The molecule has 0 unspecified atom stereocenters. The Hall–Kier alpha value is -1.69. The molecule has 0 aliphatic carbocycles. The van der Waals surface area contributed by atoms with E-state index in [2.05, 4.69) is 5.32 Å². The molecule has 0 atom stereocenters. The summed E-state index contributed by atoms with van der Waals surface area (Å²) in [6, 6.07) is 4.72. The van der Waals surface area contributed by atoms with Crippen LogP contribution >= 0.6 is 11.8 Å². The number of nitrogens with one attached hydrogen (secondary N) is 1. The first-order valence-electron chi connectivity index (χ1n) is 6.22. The van der Waals surface area contributed by atoms with Gasteiger partial charge >= 0.3 is 12.1 Å². The second-order valence-electron chi connectivity index (χ2n) is 5.11. The monoisotopic (exact) mass is 297 g/mol. The van der Waals surface area contributed by atoms with Crippen molar-refractivity contribution in [3.05, 3.63) is 23.8 Å². The Kier molecular flexibility index (Phi) is 5.44. The molecule has 1 aromatic rings. The summed E-state index contributed by atoms with van der Waals surface area (Å²) in [6.07, 6.45) is -0.604. The predicted molar refractivity (Wildman–Crippen MR) is 79.7 cm³/mol. The summed E-state index contributed by atoms with van der Waals surface area (Å²) in [7, 11) is 0. The number of amides is 1. The van der Waals surface area contributed by atoms with E-state index in [-0.39, 0.29) is 5.56 Å². The lowest BCUT2D eigenvalue weighted by atomic mass is 10.2. The smallest absolute Gasteiger partial charge is 0.412 e. The topological polar surface area (TPSA) is 75.6 Å². The third kappa shape index (κ3) is 5.52. The van der Waals surface area contributed by atoms with E-state index in [4.69, 9.17) is 9.84 Å². The van der Waals surface area contributed by atoms with Crippen LogP contribution in [0.4, 0.5) is 10.5 Å². The molecule has 0 spiro atoms. The molecule has 1 amide bonds. The van der Waals surface area contributed by atoms with Crippen molar-refractivity contribution in [3.63, 3.8) is 0 Å². The van der Waals surface area contributed by atoms with Crippen molar-refractivity contribution < 1.29 is 19.4 Å². The zero-order valence-corrected chi connectivity index (χ0v) is 12.8. The molecule has 1 aromatic carbocycles. The maximum Gasteiger partial charge on any atom is 0.412 e. The lowest BCUT2D eigenvalue weighted by molar-refractivity contribution is 0.0632. The summed E-state index contributed by atoms with van der Waals surface area (Å²) < 4.78 is 5.14. The lowest BCUT2D eigenvalue weighted by Gasteiger charge is -2.20. The Bertz CT molecular complexity index is 508. The quantitative estimate of drug-likeness (QED) is 0.826. The van der Waals surface area contributed by atoms with Crippen LogP contribution in [-0.4, -0.2) is 28.5 Å². The molecular weight excluding hydrogens is 278 g/mol. The van der Waals surface area contributed by atoms with Gasteiger partial charge in [0.2, 0.25) is 0 Å². The summed E-state index contributed by atoms with van der Waals surface area (Å²) in [5, 5.41) is 11.6. The van der Waals surface area contributed by atoms with Crippen LogP contribution in [0, 0.1) is 0 Å². The number of rotatable bonds is 4. The van der Waals surface area contributed by atoms with E-state index in [0.717, 1.165) is 10.6 Å². The minimum absolute atomic E-state index is 0.134. The maximum absolute atomic E-state index is 11.7. The van der Waals surface area contributed by atoms with Crippen molar-refractivity contribution in [2.45, 2.75) is 38.2 Å². The molecule has 0 heterocycles. The van der Waals surface area contributed by atoms with Crippen molar-refractivity contribution in [2.24, 2.45) is 0 Å². The zero-order valence-electron chi connectivity index (χ0n) is 12.0. The highest BCUT2D eigenvalue weighted by Crippen LogP contribution is 2.24. The fraction of sp³-hybridized carbons (Fsp3) is 0.429. The Morgan fingerprint density at radius 3 is 2.45 bits per heavy atom. The number of hydrogen-bond acceptors (Lipinski definition) is 4. The Labute approximate surface area is 122 Å². The van der Waals surface area contributed by atoms with Gasteiger partial charge in [-0.1, -0.05) is 6.92 Å². The molecule has 5 nitrogen and oxygen atoms in total. The van der Waals surface area contributed by atoms with Crippen molar-refractivity contribution in [2.75, 3.05) is 11.1 Å². The summed E-state index contributed by atoms with van der Waals surface area (Å²) in [6.45, 7) is 7.26. The number of aromatic carboxylic acids is 1. The highest BCUT2D eigenvalue weighted by Gasteiger charge is 2.17. The molecule has 1 rings (SSSR count). The van der Waals surface area contributed by atoms with Crippen molar-refractivity contribution in [3.8, 4) is 0 Å². The third-order valence-electron chi connectivity index (χ3n) is 2.11. The average molecular weight is 297 g/mol. The maximum atomic E-state index is 11.7. The molecule has 0 fully saturated rings. The van der Waals surface area contributed by atoms with Gasteiger partial charge in [-0.05, 0) is 44.7 Å². The summed E-state index contributed by atoms with van der Waals surface area (Å²) in [5.41, 5.74) is -0.0558. The van der Waals surface area contributed by atoms with Gasteiger partial charge in [0.25, 0.3) is 0 Å². The molecule has 0 saturated carbocycles. The number of thioether (sulfide) groups is 1. The molecule has 20 heavy (non-hydrogen) atoms. The van der Waals surface area contributed by atoms with Crippen LogP contribution in [-0.2, 0) is 4.74 Å². The van der Waals surface area contributed by atoms with Crippen LogP contribution in [0.3, 0.4) is 0 Å². The molecule has 0 aromatic heterocycles. The van der Waals surface area contributed by atoms with Gasteiger partial charge in [0, 0.05) is 10.6 Å². The van der Waals surface area contributed by atoms with Gasteiger partial charge in [-0.25, -0.2) is 9.59 Å². The first-order valence-corrected chi connectivity index (χ1v) is 7.21. The standard InChI is InChI=1S/C14H19NO4S/c1-5-20-11-7-9(12(16)17)6-10(8-11)15-13(18)19-14(2,3)4/h6-8H,5H2,1-4H3,(H,15,18)(H,16,17). The van der Waals surface area contributed by atoms with Crippen molar-refractivity contribution in [1.29, 1.82) is 0 Å². The minimum atomic E-state index is -1.03. The molecule has 0 aliphatic rings. The Balaban J connectivity index is 2.93. The molecule has 0 bridgehead atoms. The highest BCUT2D eigenvalue weighted by molar-refractivity contribution is 7.99. The van der Waals surface area contributed by atoms with Crippen LogP contribution < -0.4 is 5.32 Å². The number of anilines is 1. The second kappa shape index (κ2) is 6.65. The summed E-state index contributed by atoms with van der Waals surface area (Å²) in [4.78, 5) is 23.6. The van der Waals surface area contributed by atoms with Crippen LogP contribution in [0.5, 0.6) is 0 Å². The van der Waals surface area contributed by atoms with Crippen LogP contribution in [0.1, 0.15) is 38.1 Å². The average Bonchev–Trinajstić information content (AvgIpc) is 2.26. The van der Waals surface area contributed by atoms with Gasteiger partial charge in [-0.3, -0.25) is 5.32 Å². The van der Waals surface area contributed by atoms with Gasteiger partial charge in [-0.15, -0.1) is 11.8 Å².